The van der Waals surface area contributed by atoms with E-state index >= 15 is 0 Å². The Morgan fingerprint density at radius 2 is 1.80 bits per heavy atom. The molecular weight excluding hydrogens is 432 g/mol. The molecule has 2 N–H and O–H groups in total. The van der Waals surface area contributed by atoms with Gasteiger partial charge in [0.2, 0.25) is 0 Å². The van der Waals surface area contributed by atoms with Crippen molar-refractivity contribution >= 4 is 46.0 Å². The summed E-state index contributed by atoms with van der Waals surface area (Å²) in [6.45, 7) is 5.29. The van der Waals surface area contributed by atoms with Gasteiger partial charge in [0, 0.05) is 16.6 Å². The zero-order valence-corrected chi connectivity index (χ0v) is 18.1. The van der Waals surface area contributed by atoms with Crippen LogP contribution in [0.3, 0.4) is 0 Å². The highest BCUT2D eigenvalue weighted by Gasteiger charge is 2.32. The van der Waals surface area contributed by atoms with Gasteiger partial charge in [-0.25, -0.2) is 4.39 Å². The summed E-state index contributed by atoms with van der Waals surface area (Å²) in [4.78, 5) is 25.3. The second-order valence-corrected chi connectivity index (χ2v) is 8.40. The zero-order valence-electron chi connectivity index (χ0n) is 16.5. The molecule has 3 rings (SSSR count). The number of hydrogen-bond acceptors (Lipinski definition) is 3. The Kier molecular flexibility index (Phi) is 6.11. The van der Waals surface area contributed by atoms with Gasteiger partial charge in [0.15, 0.2) is 11.6 Å². The Labute approximate surface area is 182 Å². The van der Waals surface area contributed by atoms with Gasteiger partial charge in [-0.1, -0.05) is 37.0 Å². The van der Waals surface area contributed by atoms with Crippen molar-refractivity contribution in [2.24, 2.45) is 5.92 Å². The lowest BCUT2D eigenvalue weighted by Crippen LogP contribution is -2.17. The number of phenolic OH excluding ortho intramolecular Hbond substituents is 1. The number of fused-ring (bicyclic) bond motifs is 1. The third kappa shape index (κ3) is 3.77. The van der Waals surface area contributed by atoms with Crippen LogP contribution in [-0.2, 0) is 4.79 Å². The van der Waals surface area contributed by atoms with Crippen LogP contribution in [0.1, 0.15) is 47.8 Å². The van der Waals surface area contributed by atoms with Crippen molar-refractivity contribution in [3.05, 3.63) is 63.0 Å². The average molecular weight is 452 g/mol. The minimum Gasteiger partial charge on any atom is -0.505 e. The summed E-state index contributed by atoms with van der Waals surface area (Å²) in [7, 11) is 0. The molecular formula is C22H20Cl2FNO4. The van der Waals surface area contributed by atoms with Crippen LogP contribution < -0.4 is 0 Å². The Morgan fingerprint density at radius 1 is 1.13 bits per heavy atom. The first-order valence-corrected chi connectivity index (χ1v) is 10.0. The van der Waals surface area contributed by atoms with Crippen molar-refractivity contribution in [3.8, 4) is 5.75 Å². The standard InChI is InChI=1S/C22H20Cl2FNO4/c1-10(2)8-13(22(29)30)18-11(3)26(16-6-7-17(27)20(25)19(16)18)21(28)12-4-5-14(23)15(24)9-12/h4-7,9-10,13,27H,8H2,1-3H3,(H,29,30). The van der Waals surface area contributed by atoms with Gasteiger partial charge in [0.05, 0.1) is 21.5 Å². The zero-order chi connectivity index (χ0) is 22.3. The number of rotatable bonds is 5. The number of carboxylic acids is 1. The largest absolute Gasteiger partial charge is 0.505 e. The molecule has 158 valence electrons. The number of aromatic hydroxyl groups is 1. The van der Waals surface area contributed by atoms with Crippen LogP contribution in [0.25, 0.3) is 10.9 Å². The minimum absolute atomic E-state index is 0.00930. The summed E-state index contributed by atoms with van der Waals surface area (Å²) in [5.41, 5.74) is 0.843. The molecule has 0 fully saturated rings. The summed E-state index contributed by atoms with van der Waals surface area (Å²) in [5.74, 6) is -4.25. The van der Waals surface area contributed by atoms with Crippen molar-refractivity contribution in [1.82, 2.24) is 4.57 Å². The number of phenols is 1. The predicted molar refractivity (Wildman–Crippen MR) is 114 cm³/mol. The Bertz CT molecular complexity index is 1170. The molecule has 1 aromatic heterocycles. The van der Waals surface area contributed by atoms with E-state index in [0.717, 1.165) is 6.07 Å². The first-order valence-electron chi connectivity index (χ1n) is 9.29. The quantitative estimate of drug-likeness (QED) is 0.498. The van der Waals surface area contributed by atoms with Crippen molar-refractivity contribution in [2.45, 2.75) is 33.1 Å². The monoisotopic (exact) mass is 451 g/mol. The fraction of sp³-hybridized carbons (Fsp3) is 0.273. The smallest absolute Gasteiger partial charge is 0.311 e. The van der Waals surface area contributed by atoms with Gasteiger partial charge in [-0.15, -0.1) is 0 Å². The summed E-state index contributed by atoms with van der Waals surface area (Å²) in [6, 6.07) is 6.90. The Hall–Kier alpha value is -2.57. The van der Waals surface area contributed by atoms with E-state index in [4.69, 9.17) is 23.2 Å². The molecule has 0 radical (unpaired) electrons. The highest BCUT2D eigenvalue weighted by atomic mass is 35.5. The fourth-order valence-corrected chi connectivity index (χ4v) is 4.04. The number of aliphatic carboxylic acids is 1. The minimum atomic E-state index is -1.13. The van der Waals surface area contributed by atoms with Crippen LogP contribution in [0.4, 0.5) is 4.39 Å². The predicted octanol–water partition coefficient (Wildman–Crippen LogP) is 6.00. The molecule has 2 aromatic carbocycles. The number of carbonyl (C=O) groups excluding carboxylic acids is 1. The third-order valence-electron chi connectivity index (χ3n) is 5.06. The first-order chi connectivity index (χ1) is 14.0. The first kappa shape index (κ1) is 22.1. The number of aromatic nitrogens is 1. The molecule has 1 unspecified atom stereocenters. The van der Waals surface area contributed by atoms with Crippen molar-refractivity contribution in [2.75, 3.05) is 0 Å². The van der Waals surface area contributed by atoms with Crippen LogP contribution in [0.5, 0.6) is 5.75 Å². The maximum Gasteiger partial charge on any atom is 0.311 e. The van der Waals surface area contributed by atoms with Gasteiger partial charge >= 0.3 is 5.97 Å². The van der Waals surface area contributed by atoms with Crippen LogP contribution in [-0.4, -0.2) is 26.7 Å². The number of benzene rings is 2. The lowest BCUT2D eigenvalue weighted by molar-refractivity contribution is -0.139. The molecule has 0 amide bonds. The molecule has 1 atom stereocenters. The van der Waals surface area contributed by atoms with E-state index in [0.29, 0.717) is 5.69 Å². The molecule has 0 bridgehead atoms. The molecule has 0 saturated carbocycles. The summed E-state index contributed by atoms with van der Waals surface area (Å²) >= 11 is 12.0. The topological polar surface area (TPSA) is 79.5 Å². The second kappa shape index (κ2) is 8.28. The molecule has 0 saturated heterocycles. The Morgan fingerprint density at radius 3 is 2.37 bits per heavy atom. The van der Waals surface area contributed by atoms with Crippen molar-refractivity contribution < 1.29 is 24.2 Å². The lowest BCUT2D eigenvalue weighted by atomic mass is 9.88. The van der Waals surface area contributed by atoms with Crippen LogP contribution in [0.2, 0.25) is 10.0 Å². The average Bonchev–Trinajstić information content (AvgIpc) is 2.96. The number of hydrogen-bond donors (Lipinski definition) is 2. The molecule has 3 aromatic rings. The normalized spacial score (nSPS) is 12.5. The molecule has 0 aliphatic carbocycles. The van der Waals surface area contributed by atoms with Gasteiger partial charge in [-0.05, 0) is 55.2 Å². The van der Waals surface area contributed by atoms with E-state index in [1.807, 2.05) is 13.8 Å². The third-order valence-corrected chi connectivity index (χ3v) is 5.80. The van der Waals surface area contributed by atoms with Crippen LogP contribution in [0.15, 0.2) is 30.3 Å². The van der Waals surface area contributed by atoms with E-state index in [9.17, 15) is 24.2 Å². The van der Waals surface area contributed by atoms with E-state index in [1.54, 1.807) is 6.92 Å². The number of halogens is 3. The second-order valence-electron chi connectivity index (χ2n) is 7.58. The Balaban J connectivity index is 2.34. The lowest BCUT2D eigenvalue weighted by Gasteiger charge is -2.16. The molecule has 30 heavy (non-hydrogen) atoms. The van der Waals surface area contributed by atoms with E-state index in [1.165, 1.54) is 28.8 Å². The number of carboxylic acid groups (broad SMARTS) is 1. The van der Waals surface area contributed by atoms with Gasteiger partial charge in [0.25, 0.3) is 5.91 Å². The van der Waals surface area contributed by atoms with Crippen LogP contribution >= 0.6 is 23.2 Å². The van der Waals surface area contributed by atoms with Crippen LogP contribution in [0, 0.1) is 18.7 Å². The summed E-state index contributed by atoms with van der Waals surface area (Å²) in [6.07, 6.45) is 0.241. The van der Waals surface area contributed by atoms with Crippen molar-refractivity contribution in [3.63, 3.8) is 0 Å². The maximum atomic E-state index is 15.0. The van der Waals surface area contributed by atoms with E-state index in [-0.39, 0.29) is 44.4 Å². The molecule has 1 heterocycles. The van der Waals surface area contributed by atoms with Gasteiger partial charge in [-0.3, -0.25) is 14.2 Å². The molecule has 8 heteroatoms. The molecule has 5 nitrogen and oxygen atoms in total. The number of nitrogens with zero attached hydrogens (tertiary/aromatic N) is 1. The van der Waals surface area contributed by atoms with Crippen molar-refractivity contribution in [1.29, 1.82) is 0 Å². The highest BCUT2D eigenvalue weighted by molar-refractivity contribution is 6.42. The number of carbonyl (C=O) groups is 2. The van der Waals surface area contributed by atoms with E-state index in [2.05, 4.69) is 0 Å². The summed E-state index contributed by atoms with van der Waals surface area (Å²) < 4.78 is 16.2. The van der Waals surface area contributed by atoms with Gasteiger partial charge in [0.1, 0.15) is 0 Å². The van der Waals surface area contributed by atoms with Gasteiger partial charge in [-0.2, -0.15) is 0 Å². The highest BCUT2D eigenvalue weighted by Crippen LogP contribution is 2.39. The summed E-state index contributed by atoms with van der Waals surface area (Å²) in [5, 5.41) is 20.1. The molecule has 0 aliphatic heterocycles. The molecule has 0 spiro atoms. The SMILES string of the molecule is Cc1c(C(CC(C)C)C(=O)O)c2c(F)c(O)ccc2n1C(=O)c1ccc(Cl)c(Cl)c1. The fourth-order valence-electron chi connectivity index (χ4n) is 3.74. The van der Waals surface area contributed by atoms with E-state index < -0.39 is 29.4 Å². The molecule has 0 aliphatic rings. The maximum absolute atomic E-state index is 15.0. The van der Waals surface area contributed by atoms with Gasteiger partial charge < -0.3 is 10.2 Å².